The minimum Gasteiger partial charge on any atom is -0.490 e. The van der Waals surface area contributed by atoms with Gasteiger partial charge in [0.2, 0.25) is 0 Å². The van der Waals surface area contributed by atoms with Gasteiger partial charge in [-0.3, -0.25) is 9.78 Å². The van der Waals surface area contributed by atoms with Gasteiger partial charge < -0.3 is 14.4 Å². The summed E-state index contributed by atoms with van der Waals surface area (Å²) in [5.41, 5.74) is 3.41. The lowest BCUT2D eigenvalue weighted by atomic mass is 10.0. The number of pyridine rings is 1. The Bertz CT molecular complexity index is 1070. The highest BCUT2D eigenvalue weighted by Gasteiger charge is 2.31. The van der Waals surface area contributed by atoms with Crippen molar-refractivity contribution in [1.29, 1.82) is 0 Å². The monoisotopic (exact) mass is 416 g/mol. The van der Waals surface area contributed by atoms with Gasteiger partial charge >= 0.3 is 0 Å². The molecule has 2 aliphatic heterocycles. The normalized spacial score (nSPS) is 19.6. The van der Waals surface area contributed by atoms with Gasteiger partial charge in [0.1, 0.15) is 18.0 Å². The van der Waals surface area contributed by atoms with Crippen LogP contribution < -0.4 is 4.74 Å². The Labute approximate surface area is 183 Å². The van der Waals surface area contributed by atoms with Gasteiger partial charge in [0.05, 0.1) is 0 Å². The molecule has 2 saturated heterocycles. The van der Waals surface area contributed by atoms with Crippen molar-refractivity contribution in [3.8, 4) is 16.9 Å². The molecular formula is C26H28N2O3. The highest BCUT2D eigenvalue weighted by atomic mass is 16.5. The van der Waals surface area contributed by atoms with E-state index in [0.29, 0.717) is 6.61 Å². The van der Waals surface area contributed by atoms with Crippen LogP contribution in [0.25, 0.3) is 21.9 Å². The molecule has 0 unspecified atom stereocenters. The van der Waals surface area contributed by atoms with Gasteiger partial charge in [-0.2, -0.15) is 0 Å². The minimum absolute atomic E-state index is 0.149. The third kappa shape index (κ3) is 4.28. The lowest BCUT2D eigenvalue weighted by molar-refractivity contribution is -0.142. The molecule has 0 aliphatic carbocycles. The van der Waals surface area contributed by atoms with E-state index in [-0.39, 0.29) is 18.1 Å². The zero-order valence-electron chi connectivity index (χ0n) is 17.9. The van der Waals surface area contributed by atoms with E-state index in [1.165, 1.54) is 21.9 Å². The van der Waals surface area contributed by atoms with Crippen molar-refractivity contribution in [3.05, 3.63) is 60.4 Å². The molecule has 2 fully saturated rings. The summed E-state index contributed by atoms with van der Waals surface area (Å²) in [6.45, 7) is 4.23. The molecule has 5 rings (SSSR count). The first-order chi connectivity index (χ1) is 15.2. The van der Waals surface area contributed by atoms with Crippen molar-refractivity contribution in [2.75, 3.05) is 19.7 Å². The Morgan fingerprint density at radius 1 is 1.03 bits per heavy atom. The number of nitrogens with zero attached hydrogens (tertiary/aromatic N) is 2. The number of ether oxygens (including phenoxy) is 2. The van der Waals surface area contributed by atoms with Gasteiger partial charge in [0, 0.05) is 49.8 Å². The second kappa shape index (κ2) is 8.67. The first kappa shape index (κ1) is 20.0. The van der Waals surface area contributed by atoms with E-state index < -0.39 is 0 Å². The van der Waals surface area contributed by atoms with Crippen LogP contribution >= 0.6 is 0 Å². The zero-order valence-corrected chi connectivity index (χ0v) is 17.9. The molecule has 5 heteroatoms. The quantitative estimate of drug-likeness (QED) is 0.615. The average Bonchev–Trinajstić information content (AvgIpc) is 3.35. The summed E-state index contributed by atoms with van der Waals surface area (Å²) in [5.74, 6) is 1.04. The van der Waals surface area contributed by atoms with Crippen LogP contribution in [0.4, 0.5) is 0 Å². The van der Waals surface area contributed by atoms with Crippen LogP contribution in [0.3, 0.4) is 0 Å². The molecule has 1 aromatic heterocycles. The van der Waals surface area contributed by atoms with E-state index in [9.17, 15) is 4.79 Å². The smallest absolute Gasteiger partial charge is 0.251 e. The number of likely N-dealkylation sites (tertiary alicyclic amines) is 1. The van der Waals surface area contributed by atoms with Gasteiger partial charge in [0.25, 0.3) is 5.91 Å². The van der Waals surface area contributed by atoms with E-state index in [4.69, 9.17) is 9.47 Å². The van der Waals surface area contributed by atoms with Crippen LogP contribution in [0.1, 0.15) is 31.4 Å². The van der Waals surface area contributed by atoms with Gasteiger partial charge in [-0.25, -0.2) is 0 Å². The Morgan fingerprint density at radius 3 is 2.55 bits per heavy atom. The maximum Gasteiger partial charge on any atom is 0.251 e. The lowest BCUT2D eigenvalue weighted by Crippen LogP contribution is -2.45. The molecule has 0 saturated carbocycles. The molecule has 5 nitrogen and oxygen atoms in total. The highest BCUT2D eigenvalue weighted by Crippen LogP contribution is 2.28. The molecule has 0 bridgehead atoms. The lowest BCUT2D eigenvalue weighted by Gasteiger charge is -2.33. The summed E-state index contributed by atoms with van der Waals surface area (Å²) < 4.78 is 11.8. The predicted molar refractivity (Wildman–Crippen MR) is 121 cm³/mol. The van der Waals surface area contributed by atoms with Crippen LogP contribution in [-0.4, -0.2) is 47.7 Å². The van der Waals surface area contributed by atoms with Crippen LogP contribution in [0.5, 0.6) is 5.75 Å². The SMILES string of the molecule is Cc1nccc2cc(-c3ccc(OC4CCN(C(=O)[C@H]5CCCO5)CC4)cc3)ccc12. The first-order valence-corrected chi connectivity index (χ1v) is 11.2. The largest absolute Gasteiger partial charge is 0.490 e. The molecule has 1 atom stereocenters. The van der Waals surface area contributed by atoms with Gasteiger partial charge in [0.15, 0.2) is 0 Å². The fourth-order valence-electron chi connectivity index (χ4n) is 4.60. The topological polar surface area (TPSA) is 51.7 Å². The van der Waals surface area contributed by atoms with E-state index in [0.717, 1.165) is 50.2 Å². The summed E-state index contributed by atoms with van der Waals surface area (Å²) in [5, 5.41) is 2.39. The number of carbonyl (C=O) groups is 1. The molecule has 160 valence electrons. The molecule has 0 spiro atoms. The summed E-state index contributed by atoms with van der Waals surface area (Å²) in [6, 6.07) is 16.9. The fraction of sp³-hybridized carbons (Fsp3) is 0.385. The van der Waals surface area contributed by atoms with Crippen molar-refractivity contribution < 1.29 is 14.3 Å². The molecule has 3 heterocycles. The summed E-state index contributed by atoms with van der Waals surface area (Å²) in [6.07, 6.45) is 5.35. The molecule has 3 aromatic rings. The summed E-state index contributed by atoms with van der Waals surface area (Å²) in [4.78, 5) is 18.8. The highest BCUT2D eigenvalue weighted by molar-refractivity contribution is 5.88. The Balaban J connectivity index is 1.20. The number of fused-ring (bicyclic) bond motifs is 1. The molecule has 1 amide bonds. The van der Waals surface area contributed by atoms with Crippen LogP contribution in [0.2, 0.25) is 0 Å². The maximum atomic E-state index is 12.5. The van der Waals surface area contributed by atoms with Gasteiger partial charge in [-0.1, -0.05) is 24.3 Å². The standard InChI is InChI=1S/C26H28N2O3/c1-18-24-9-6-20(17-21(24)10-13-27-18)19-4-7-22(8-5-19)31-23-11-14-28(15-12-23)26(29)25-3-2-16-30-25/h4-10,13,17,23,25H,2-3,11-12,14-16H2,1H3/t25-/m1/s1. The van der Waals surface area contributed by atoms with Crippen molar-refractivity contribution >= 4 is 16.7 Å². The number of aryl methyl sites for hydroxylation is 1. The second-order valence-electron chi connectivity index (χ2n) is 8.50. The van der Waals surface area contributed by atoms with Crippen LogP contribution in [-0.2, 0) is 9.53 Å². The predicted octanol–water partition coefficient (Wildman–Crippen LogP) is 4.76. The van der Waals surface area contributed by atoms with Gasteiger partial charge in [-0.05, 0) is 60.5 Å². The number of amides is 1. The van der Waals surface area contributed by atoms with Crippen LogP contribution in [0.15, 0.2) is 54.7 Å². The Hall–Kier alpha value is -2.92. The summed E-state index contributed by atoms with van der Waals surface area (Å²) >= 11 is 0. The third-order valence-corrected chi connectivity index (χ3v) is 6.41. The zero-order chi connectivity index (χ0) is 21.2. The van der Waals surface area contributed by atoms with E-state index >= 15 is 0 Å². The molecule has 31 heavy (non-hydrogen) atoms. The van der Waals surface area contributed by atoms with Crippen molar-refractivity contribution in [1.82, 2.24) is 9.88 Å². The molecule has 2 aromatic carbocycles. The number of hydrogen-bond donors (Lipinski definition) is 0. The van der Waals surface area contributed by atoms with Crippen molar-refractivity contribution in [3.63, 3.8) is 0 Å². The summed E-state index contributed by atoms with van der Waals surface area (Å²) in [7, 11) is 0. The number of aromatic nitrogens is 1. The number of rotatable bonds is 4. The number of piperidine rings is 1. The maximum absolute atomic E-state index is 12.5. The van der Waals surface area contributed by atoms with E-state index in [1.54, 1.807) is 0 Å². The van der Waals surface area contributed by atoms with Crippen molar-refractivity contribution in [2.24, 2.45) is 0 Å². The third-order valence-electron chi connectivity index (χ3n) is 6.41. The molecule has 0 radical (unpaired) electrons. The fourth-order valence-corrected chi connectivity index (χ4v) is 4.60. The number of hydrogen-bond acceptors (Lipinski definition) is 4. The molecule has 2 aliphatic rings. The van der Waals surface area contributed by atoms with Gasteiger partial charge in [-0.15, -0.1) is 0 Å². The second-order valence-corrected chi connectivity index (χ2v) is 8.50. The van der Waals surface area contributed by atoms with Crippen molar-refractivity contribution in [2.45, 2.75) is 44.8 Å². The van der Waals surface area contributed by atoms with Crippen LogP contribution in [0, 0.1) is 6.92 Å². The van der Waals surface area contributed by atoms with E-state index in [1.807, 2.05) is 30.2 Å². The number of benzene rings is 2. The minimum atomic E-state index is -0.222. The average molecular weight is 417 g/mol. The van der Waals surface area contributed by atoms with E-state index in [2.05, 4.69) is 41.4 Å². The molecular weight excluding hydrogens is 388 g/mol. The Kier molecular flexibility index (Phi) is 5.60. The first-order valence-electron chi connectivity index (χ1n) is 11.2. The number of carbonyl (C=O) groups excluding carboxylic acids is 1. The Morgan fingerprint density at radius 2 is 1.81 bits per heavy atom. The molecule has 0 N–H and O–H groups in total.